The predicted molar refractivity (Wildman–Crippen MR) is 77.9 cm³/mol. The standard InChI is InChI=1S/C17H26O/c1-5-7-15(8-6-2)17(18)12-16-11-13(3)9-10-14(16)4/h9-11,15H,5-8,12H2,1-4H3. The van der Waals surface area contributed by atoms with Crippen molar-refractivity contribution in [3.05, 3.63) is 34.9 Å². The summed E-state index contributed by atoms with van der Waals surface area (Å²) in [5, 5.41) is 0. The lowest BCUT2D eigenvalue weighted by Gasteiger charge is -2.15. The van der Waals surface area contributed by atoms with E-state index in [-0.39, 0.29) is 5.92 Å². The summed E-state index contributed by atoms with van der Waals surface area (Å²) >= 11 is 0. The van der Waals surface area contributed by atoms with Crippen LogP contribution in [0.15, 0.2) is 18.2 Å². The third-order valence-corrected chi connectivity index (χ3v) is 3.60. The van der Waals surface area contributed by atoms with Crippen LogP contribution in [-0.4, -0.2) is 5.78 Å². The van der Waals surface area contributed by atoms with Crippen molar-refractivity contribution in [2.24, 2.45) is 5.92 Å². The Bertz CT molecular complexity index is 387. The Hall–Kier alpha value is -1.11. The first-order chi connectivity index (χ1) is 8.58. The van der Waals surface area contributed by atoms with Crippen LogP contribution in [0.5, 0.6) is 0 Å². The maximum absolute atomic E-state index is 12.4. The highest BCUT2D eigenvalue weighted by atomic mass is 16.1. The highest BCUT2D eigenvalue weighted by Gasteiger charge is 2.17. The fourth-order valence-electron chi connectivity index (χ4n) is 2.49. The molecule has 1 heteroatoms. The van der Waals surface area contributed by atoms with Gasteiger partial charge in [0.1, 0.15) is 5.78 Å². The van der Waals surface area contributed by atoms with E-state index in [1.807, 2.05) is 0 Å². The third kappa shape index (κ3) is 4.29. The van der Waals surface area contributed by atoms with Gasteiger partial charge >= 0.3 is 0 Å². The van der Waals surface area contributed by atoms with Crippen LogP contribution in [0.4, 0.5) is 0 Å². The lowest BCUT2D eigenvalue weighted by molar-refractivity contribution is -0.122. The molecule has 18 heavy (non-hydrogen) atoms. The summed E-state index contributed by atoms with van der Waals surface area (Å²) in [6.45, 7) is 8.50. The van der Waals surface area contributed by atoms with Gasteiger partial charge in [-0.05, 0) is 37.8 Å². The number of carbonyl (C=O) groups is 1. The van der Waals surface area contributed by atoms with Crippen LogP contribution in [0.25, 0.3) is 0 Å². The molecule has 1 rings (SSSR count). The van der Waals surface area contributed by atoms with Gasteiger partial charge in [0.25, 0.3) is 0 Å². The van der Waals surface area contributed by atoms with Crippen molar-refractivity contribution in [2.45, 2.75) is 59.8 Å². The fraction of sp³-hybridized carbons (Fsp3) is 0.588. The van der Waals surface area contributed by atoms with E-state index >= 15 is 0 Å². The number of hydrogen-bond acceptors (Lipinski definition) is 1. The largest absolute Gasteiger partial charge is 0.299 e. The van der Waals surface area contributed by atoms with Crippen LogP contribution in [0.2, 0.25) is 0 Å². The number of Topliss-reactive ketones (excluding diaryl/α,β-unsaturated/α-hetero) is 1. The van der Waals surface area contributed by atoms with Crippen molar-refractivity contribution in [1.29, 1.82) is 0 Å². The molecule has 0 aliphatic carbocycles. The van der Waals surface area contributed by atoms with Crippen LogP contribution in [0.1, 0.15) is 56.2 Å². The lowest BCUT2D eigenvalue weighted by atomic mass is 9.89. The second kappa shape index (κ2) is 7.35. The van der Waals surface area contributed by atoms with Crippen molar-refractivity contribution < 1.29 is 4.79 Å². The number of benzene rings is 1. The molecule has 0 saturated heterocycles. The molecule has 0 spiro atoms. The second-order valence-corrected chi connectivity index (χ2v) is 5.35. The quantitative estimate of drug-likeness (QED) is 0.685. The molecule has 0 unspecified atom stereocenters. The van der Waals surface area contributed by atoms with Gasteiger partial charge in [-0.2, -0.15) is 0 Å². The van der Waals surface area contributed by atoms with Crippen LogP contribution in [0, 0.1) is 19.8 Å². The molecule has 0 amide bonds. The van der Waals surface area contributed by atoms with Crippen molar-refractivity contribution in [3.63, 3.8) is 0 Å². The molecule has 0 aliphatic heterocycles. The normalized spacial score (nSPS) is 10.9. The zero-order valence-corrected chi connectivity index (χ0v) is 12.3. The van der Waals surface area contributed by atoms with Gasteiger partial charge in [0.2, 0.25) is 0 Å². The molecule has 0 aliphatic rings. The summed E-state index contributed by atoms with van der Waals surface area (Å²) < 4.78 is 0. The Morgan fingerprint density at radius 1 is 1.11 bits per heavy atom. The first kappa shape index (κ1) is 14.9. The predicted octanol–water partition coefficient (Wildman–Crippen LogP) is 4.63. The van der Waals surface area contributed by atoms with E-state index in [0.29, 0.717) is 12.2 Å². The van der Waals surface area contributed by atoms with Gasteiger partial charge in [0.15, 0.2) is 0 Å². The first-order valence-corrected chi connectivity index (χ1v) is 7.17. The Labute approximate surface area is 112 Å². The SMILES string of the molecule is CCCC(CCC)C(=O)Cc1cc(C)ccc1C. The molecule has 0 radical (unpaired) electrons. The van der Waals surface area contributed by atoms with Gasteiger partial charge in [0.05, 0.1) is 0 Å². The van der Waals surface area contributed by atoms with Gasteiger partial charge in [-0.25, -0.2) is 0 Å². The number of ketones is 1. The van der Waals surface area contributed by atoms with E-state index in [1.54, 1.807) is 0 Å². The molecule has 0 aromatic heterocycles. The van der Waals surface area contributed by atoms with Crippen LogP contribution in [0.3, 0.4) is 0 Å². The van der Waals surface area contributed by atoms with E-state index in [1.165, 1.54) is 16.7 Å². The van der Waals surface area contributed by atoms with Gasteiger partial charge in [-0.3, -0.25) is 4.79 Å². The zero-order valence-electron chi connectivity index (χ0n) is 12.3. The number of aryl methyl sites for hydroxylation is 2. The van der Waals surface area contributed by atoms with Crippen molar-refractivity contribution >= 4 is 5.78 Å². The summed E-state index contributed by atoms with van der Waals surface area (Å²) in [4.78, 5) is 12.4. The first-order valence-electron chi connectivity index (χ1n) is 7.17. The van der Waals surface area contributed by atoms with E-state index < -0.39 is 0 Å². The molecule has 0 atom stereocenters. The Morgan fingerprint density at radius 2 is 1.72 bits per heavy atom. The molecule has 1 aromatic rings. The Balaban J connectivity index is 2.75. The van der Waals surface area contributed by atoms with Crippen LogP contribution >= 0.6 is 0 Å². The minimum atomic E-state index is 0.264. The third-order valence-electron chi connectivity index (χ3n) is 3.60. The van der Waals surface area contributed by atoms with Crippen molar-refractivity contribution in [1.82, 2.24) is 0 Å². The minimum absolute atomic E-state index is 0.264. The molecular weight excluding hydrogens is 220 g/mol. The maximum Gasteiger partial charge on any atom is 0.140 e. The summed E-state index contributed by atoms with van der Waals surface area (Å²) in [5.41, 5.74) is 3.68. The summed E-state index contributed by atoms with van der Waals surface area (Å²) in [6, 6.07) is 6.38. The fourth-order valence-corrected chi connectivity index (χ4v) is 2.49. The smallest absolute Gasteiger partial charge is 0.140 e. The molecule has 0 fully saturated rings. The molecule has 100 valence electrons. The van der Waals surface area contributed by atoms with Gasteiger partial charge in [0, 0.05) is 12.3 Å². The molecule has 1 aromatic carbocycles. The Kier molecular flexibility index (Phi) is 6.11. The van der Waals surface area contributed by atoms with E-state index in [2.05, 4.69) is 45.9 Å². The van der Waals surface area contributed by atoms with Crippen LogP contribution < -0.4 is 0 Å². The zero-order chi connectivity index (χ0) is 13.5. The molecule has 0 heterocycles. The average molecular weight is 246 g/mol. The van der Waals surface area contributed by atoms with Gasteiger partial charge in [-0.1, -0.05) is 50.5 Å². The van der Waals surface area contributed by atoms with Crippen molar-refractivity contribution in [2.75, 3.05) is 0 Å². The Morgan fingerprint density at radius 3 is 2.28 bits per heavy atom. The second-order valence-electron chi connectivity index (χ2n) is 5.35. The number of carbonyl (C=O) groups excluding carboxylic acids is 1. The molecule has 0 bridgehead atoms. The molecule has 0 saturated carbocycles. The van der Waals surface area contributed by atoms with Gasteiger partial charge in [-0.15, -0.1) is 0 Å². The van der Waals surface area contributed by atoms with E-state index in [0.717, 1.165) is 25.7 Å². The van der Waals surface area contributed by atoms with E-state index in [9.17, 15) is 4.79 Å². The lowest BCUT2D eigenvalue weighted by Crippen LogP contribution is -2.17. The average Bonchev–Trinajstić information content (AvgIpc) is 2.33. The molecular formula is C17H26O. The minimum Gasteiger partial charge on any atom is -0.299 e. The number of hydrogen-bond donors (Lipinski definition) is 0. The van der Waals surface area contributed by atoms with Gasteiger partial charge < -0.3 is 0 Å². The highest BCUT2D eigenvalue weighted by Crippen LogP contribution is 2.19. The maximum atomic E-state index is 12.4. The van der Waals surface area contributed by atoms with E-state index in [4.69, 9.17) is 0 Å². The summed E-state index contributed by atoms with van der Waals surface area (Å²) in [5.74, 6) is 0.687. The van der Waals surface area contributed by atoms with Crippen molar-refractivity contribution in [3.8, 4) is 0 Å². The summed E-state index contributed by atoms with van der Waals surface area (Å²) in [7, 11) is 0. The van der Waals surface area contributed by atoms with Crippen LogP contribution in [-0.2, 0) is 11.2 Å². The molecule has 0 N–H and O–H groups in total. The molecule has 1 nitrogen and oxygen atoms in total. The summed E-state index contributed by atoms with van der Waals surface area (Å²) in [6.07, 6.45) is 4.89. The topological polar surface area (TPSA) is 17.1 Å². The number of rotatable bonds is 7. The highest BCUT2D eigenvalue weighted by molar-refractivity contribution is 5.83. The monoisotopic (exact) mass is 246 g/mol.